The number of nitrogens with two attached hydrogens (primary N) is 2. The fourth-order valence-electron chi connectivity index (χ4n) is 0.315. The number of hydrogen-bond acceptors (Lipinski definition) is 4. The van der Waals surface area contributed by atoms with E-state index in [-0.39, 0.29) is 0 Å². The minimum atomic E-state index is -1.15. The fourth-order valence-corrected chi connectivity index (χ4v) is 0.315. The highest BCUT2D eigenvalue weighted by molar-refractivity contribution is 5.67. The molecule has 0 bridgehead atoms. The highest BCUT2D eigenvalue weighted by Crippen LogP contribution is 1.90. The maximum Gasteiger partial charge on any atom is 0.306 e. The van der Waals surface area contributed by atoms with E-state index in [0.717, 1.165) is 0 Å². The van der Waals surface area contributed by atoms with Crippen molar-refractivity contribution in [3.63, 3.8) is 0 Å². The van der Waals surface area contributed by atoms with E-state index in [2.05, 4.69) is 0 Å². The van der Waals surface area contributed by atoms with Crippen LogP contribution in [0, 0.1) is 0 Å². The summed E-state index contributed by atoms with van der Waals surface area (Å²) in [5.41, 5.74) is 9.90. The van der Waals surface area contributed by atoms with Crippen LogP contribution in [0.4, 0.5) is 0 Å². The van der Waals surface area contributed by atoms with E-state index in [1.54, 1.807) is 0 Å². The van der Waals surface area contributed by atoms with Gasteiger partial charge in [0.05, 0.1) is 18.7 Å². The average Bonchev–Trinajstić information content (AvgIpc) is 1.63. The van der Waals surface area contributed by atoms with Crippen molar-refractivity contribution in [3.8, 4) is 0 Å². The Morgan fingerprint density at radius 3 is 2.11 bits per heavy atom. The maximum atomic E-state index is 9.84. The molecular weight excluding hydrogens is 124 g/mol. The molecule has 9 heavy (non-hydrogen) atoms. The minimum Gasteiger partial charge on any atom is -0.481 e. The Bertz CT molecular complexity index is 104. The van der Waals surface area contributed by atoms with Crippen LogP contribution in [0.1, 0.15) is 6.42 Å². The lowest BCUT2D eigenvalue weighted by molar-refractivity contribution is -0.139. The molecule has 5 nitrogen and oxygen atoms in total. The van der Waals surface area contributed by atoms with Gasteiger partial charge < -0.3 is 21.7 Å². The molecule has 6 N–H and O–H groups in total. The van der Waals surface area contributed by atoms with Gasteiger partial charge >= 0.3 is 5.97 Å². The molecule has 0 rings (SSSR count). The van der Waals surface area contributed by atoms with Crippen LogP contribution < -0.4 is 11.5 Å². The van der Waals surface area contributed by atoms with Gasteiger partial charge in [-0.15, -0.1) is 0 Å². The van der Waals surface area contributed by atoms with Crippen LogP contribution in [0.3, 0.4) is 0 Å². The summed E-state index contributed by atoms with van der Waals surface area (Å²) in [5, 5.41) is 16.7. The van der Waals surface area contributed by atoms with Crippen LogP contribution in [-0.4, -0.2) is 28.5 Å². The Morgan fingerprint density at radius 2 is 2.00 bits per heavy atom. The molecule has 1 atom stereocenters. The summed E-state index contributed by atoms with van der Waals surface area (Å²) in [7, 11) is 0. The van der Waals surface area contributed by atoms with Gasteiger partial charge in [-0.25, -0.2) is 0 Å². The summed E-state index contributed by atoms with van der Waals surface area (Å²) in [6.45, 7) is 0. The van der Waals surface area contributed by atoms with Gasteiger partial charge in [0, 0.05) is 0 Å². The van der Waals surface area contributed by atoms with Gasteiger partial charge in [0.2, 0.25) is 0 Å². The van der Waals surface area contributed by atoms with Crippen LogP contribution in [-0.2, 0) is 4.79 Å². The fraction of sp³-hybridized carbons (Fsp3) is 0.750. The molecule has 0 heterocycles. The molecule has 0 fully saturated rings. The smallest absolute Gasteiger partial charge is 0.306 e. The second-order valence-corrected chi connectivity index (χ2v) is 1.74. The van der Waals surface area contributed by atoms with E-state index < -0.39 is 24.7 Å². The van der Waals surface area contributed by atoms with Crippen LogP contribution >= 0.6 is 0 Å². The summed E-state index contributed by atoms with van der Waals surface area (Å²) in [5.74, 6) is -1.11. The summed E-state index contributed by atoms with van der Waals surface area (Å²) in [4.78, 5) is 9.84. The monoisotopic (exact) mass is 134 g/mol. The molecule has 0 aliphatic carbocycles. The lowest BCUT2D eigenvalue weighted by Gasteiger charge is -2.10. The van der Waals surface area contributed by atoms with Crippen molar-refractivity contribution in [3.05, 3.63) is 0 Å². The number of carboxylic acid groups (broad SMARTS) is 1. The third-order valence-electron chi connectivity index (χ3n) is 0.828. The third-order valence-corrected chi connectivity index (χ3v) is 0.828. The molecule has 0 aromatic carbocycles. The van der Waals surface area contributed by atoms with Crippen molar-refractivity contribution >= 4 is 5.97 Å². The van der Waals surface area contributed by atoms with Crippen molar-refractivity contribution in [1.29, 1.82) is 0 Å². The van der Waals surface area contributed by atoms with Crippen molar-refractivity contribution < 1.29 is 15.0 Å². The van der Waals surface area contributed by atoms with Crippen molar-refractivity contribution in [2.45, 2.75) is 18.7 Å². The average molecular weight is 134 g/mol. The molecule has 0 aromatic rings. The Hall–Kier alpha value is -0.650. The number of rotatable bonds is 3. The molecule has 0 aromatic heterocycles. The number of aliphatic hydroxyl groups is 1. The molecule has 0 saturated carbocycles. The van der Waals surface area contributed by atoms with Gasteiger partial charge in [-0.3, -0.25) is 4.79 Å². The predicted octanol–water partition coefficient (Wildman–Crippen LogP) is -1.93. The topological polar surface area (TPSA) is 110 Å². The van der Waals surface area contributed by atoms with Crippen LogP contribution in [0.2, 0.25) is 0 Å². The van der Waals surface area contributed by atoms with Crippen molar-refractivity contribution in [2.24, 2.45) is 11.5 Å². The summed E-state index contributed by atoms with van der Waals surface area (Å²) >= 11 is 0. The van der Waals surface area contributed by atoms with Gasteiger partial charge in [-0.05, 0) is 0 Å². The highest BCUT2D eigenvalue weighted by atomic mass is 16.4. The minimum absolute atomic E-state index is 0.405. The van der Waals surface area contributed by atoms with Gasteiger partial charge in [-0.1, -0.05) is 0 Å². The second-order valence-electron chi connectivity index (χ2n) is 1.74. The molecule has 5 heteroatoms. The third kappa shape index (κ3) is 3.89. The molecule has 54 valence electrons. The Balaban J connectivity index is 3.50. The molecular formula is C4H10N2O3. The van der Waals surface area contributed by atoms with E-state index in [4.69, 9.17) is 21.7 Å². The van der Waals surface area contributed by atoms with Crippen LogP contribution in [0.25, 0.3) is 0 Å². The molecule has 0 saturated heterocycles. The molecule has 1 unspecified atom stereocenters. The quantitative estimate of drug-likeness (QED) is 0.336. The molecule has 0 aliphatic rings. The number of carboxylic acids is 1. The Kier molecular flexibility index (Phi) is 3.15. The highest BCUT2D eigenvalue weighted by Gasteiger charge is 2.13. The first-order valence-corrected chi connectivity index (χ1v) is 2.45. The number of aliphatic carboxylic acids is 1. The summed E-state index contributed by atoms with van der Waals surface area (Å²) in [6.07, 6.45) is -2.53. The van der Waals surface area contributed by atoms with Gasteiger partial charge in [0.15, 0.2) is 0 Å². The first-order valence-electron chi connectivity index (χ1n) is 2.45. The van der Waals surface area contributed by atoms with E-state index in [9.17, 15) is 4.79 Å². The summed E-state index contributed by atoms with van der Waals surface area (Å²) < 4.78 is 0. The second kappa shape index (κ2) is 3.39. The SMILES string of the molecule is NC(N)C(O)CC(=O)O. The summed E-state index contributed by atoms with van der Waals surface area (Å²) in [6, 6.07) is 0. The molecule has 0 radical (unpaired) electrons. The standard InChI is InChI=1S/C4H10N2O3/c5-4(6)2(7)1-3(8)9/h2,4,7H,1,5-6H2,(H,8,9). The lowest BCUT2D eigenvalue weighted by Crippen LogP contribution is -2.43. The first-order chi connectivity index (χ1) is 4.04. The lowest BCUT2D eigenvalue weighted by atomic mass is 10.2. The zero-order valence-electron chi connectivity index (χ0n) is 4.82. The van der Waals surface area contributed by atoms with Gasteiger partial charge in [0.25, 0.3) is 0 Å². The van der Waals surface area contributed by atoms with E-state index in [1.165, 1.54) is 0 Å². The van der Waals surface area contributed by atoms with Crippen molar-refractivity contribution in [2.75, 3.05) is 0 Å². The predicted molar refractivity (Wildman–Crippen MR) is 30.4 cm³/mol. The van der Waals surface area contributed by atoms with Gasteiger partial charge in [0.1, 0.15) is 0 Å². The maximum absolute atomic E-state index is 9.84. The van der Waals surface area contributed by atoms with E-state index in [0.29, 0.717) is 0 Å². The van der Waals surface area contributed by atoms with E-state index >= 15 is 0 Å². The zero-order chi connectivity index (χ0) is 7.44. The first kappa shape index (κ1) is 8.35. The van der Waals surface area contributed by atoms with Crippen LogP contribution in [0.15, 0.2) is 0 Å². The zero-order valence-corrected chi connectivity index (χ0v) is 4.82. The molecule has 0 aliphatic heterocycles. The van der Waals surface area contributed by atoms with Gasteiger partial charge in [-0.2, -0.15) is 0 Å². The number of carbonyl (C=O) groups is 1. The Labute approximate surface area is 52.3 Å². The van der Waals surface area contributed by atoms with E-state index in [1.807, 2.05) is 0 Å². The molecule has 0 spiro atoms. The number of aliphatic hydroxyl groups excluding tert-OH is 1. The Morgan fingerprint density at radius 1 is 1.56 bits per heavy atom. The molecule has 0 amide bonds. The normalized spacial score (nSPS) is 13.8. The number of hydrogen-bond donors (Lipinski definition) is 4. The largest absolute Gasteiger partial charge is 0.481 e. The van der Waals surface area contributed by atoms with Crippen LogP contribution in [0.5, 0.6) is 0 Å². The van der Waals surface area contributed by atoms with Crippen molar-refractivity contribution in [1.82, 2.24) is 0 Å².